The maximum atomic E-state index is 11.1. The number of benzene rings is 1. The Balaban J connectivity index is 2.06. The molecule has 4 N–H and O–H groups in total. The van der Waals surface area contributed by atoms with Crippen LogP contribution in [0.15, 0.2) is 18.2 Å². The van der Waals surface area contributed by atoms with Gasteiger partial charge in [0.1, 0.15) is 0 Å². The summed E-state index contributed by atoms with van der Waals surface area (Å²) in [5.74, 6) is -0.428. The fourth-order valence-corrected chi connectivity index (χ4v) is 2.43. The van der Waals surface area contributed by atoms with Crippen molar-refractivity contribution in [3.8, 4) is 0 Å². The minimum atomic E-state index is -0.428. The maximum Gasteiger partial charge on any atom is 0.248 e. The highest BCUT2D eigenvalue weighted by molar-refractivity contribution is 5.93. The third-order valence-corrected chi connectivity index (χ3v) is 3.52. The molecule has 2 rings (SSSR count). The molecular formula is C14H21N3O. The second kappa shape index (κ2) is 5.87. The van der Waals surface area contributed by atoms with E-state index in [1.807, 2.05) is 6.07 Å². The summed E-state index contributed by atoms with van der Waals surface area (Å²) < 4.78 is 0. The number of hydrogen-bond acceptors (Lipinski definition) is 3. The van der Waals surface area contributed by atoms with Crippen molar-refractivity contribution in [2.24, 2.45) is 5.73 Å². The minimum absolute atomic E-state index is 0.428. The van der Waals surface area contributed by atoms with Crippen LogP contribution in [0.3, 0.4) is 0 Å². The Morgan fingerprint density at radius 1 is 1.17 bits per heavy atom. The van der Waals surface area contributed by atoms with Crippen LogP contribution in [0.5, 0.6) is 0 Å². The molecule has 18 heavy (non-hydrogen) atoms. The highest BCUT2D eigenvalue weighted by atomic mass is 16.1. The van der Waals surface area contributed by atoms with Crippen molar-refractivity contribution in [3.63, 3.8) is 0 Å². The molecule has 1 aromatic rings. The van der Waals surface area contributed by atoms with Crippen molar-refractivity contribution in [1.82, 2.24) is 4.90 Å². The number of amides is 1. The van der Waals surface area contributed by atoms with E-state index in [-0.39, 0.29) is 0 Å². The van der Waals surface area contributed by atoms with Gasteiger partial charge in [-0.15, -0.1) is 0 Å². The zero-order valence-corrected chi connectivity index (χ0v) is 10.7. The summed E-state index contributed by atoms with van der Waals surface area (Å²) in [6.45, 7) is 3.14. The zero-order valence-electron chi connectivity index (χ0n) is 10.7. The molecule has 1 saturated heterocycles. The molecule has 1 aliphatic rings. The third kappa shape index (κ3) is 3.23. The number of nitrogens with two attached hydrogens (primary N) is 2. The average Bonchev–Trinajstić information content (AvgIpc) is 2.60. The first-order chi connectivity index (χ1) is 8.66. The predicted molar refractivity (Wildman–Crippen MR) is 73.1 cm³/mol. The molecule has 0 bridgehead atoms. The number of hydrogen-bond donors (Lipinski definition) is 2. The molecule has 0 radical (unpaired) electrons. The van der Waals surface area contributed by atoms with E-state index in [4.69, 9.17) is 11.5 Å². The summed E-state index contributed by atoms with van der Waals surface area (Å²) in [6.07, 6.45) is 5.18. The van der Waals surface area contributed by atoms with Crippen molar-refractivity contribution in [2.75, 3.05) is 18.8 Å². The third-order valence-electron chi connectivity index (χ3n) is 3.52. The normalized spacial score (nSPS) is 17.3. The molecule has 1 aliphatic heterocycles. The van der Waals surface area contributed by atoms with E-state index in [1.165, 1.54) is 25.7 Å². The number of carbonyl (C=O) groups is 1. The molecular weight excluding hydrogens is 226 g/mol. The van der Waals surface area contributed by atoms with Gasteiger partial charge in [0, 0.05) is 17.8 Å². The van der Waals surface area contributed by atoms with Gasteiger partial charge in [-0.3, -0.25) is 9.69 Å². The molecule has 1 aromatic carbocycles. The summed E-state index contributed by atoms with van der Waals surface area (Å²) in [4.78, 5) is 13.5. The van der Waals surface area contributed by atoms with Gasteiger partial charge in [-0.1, -0.05) is 18.9 Å². The van der Waals surface area contributed by atoms with Gasteiger partial charge in [0.25, 0.3) is 0 Å². The molecule has 0 aliphatic carbocycles. The monoisotopic (exact) mass is 247 g/mol. The summed E-state index contributed by atoms with van der Waals surface area (Å²) in [6, 6.07) is 5.35. The number of primary amides is 1. The summed E-state index contributed by atoms with van der Waals surface area (Å²) in [7, 11) is 0. The summed E-state index contributed by atoms with van der Waals surface area (Å²) >= 11 is 0. The van der Waals surface area contributed by atoms with E-state index >= 15 is 0 Å². The van der Waals surface area contributed by atoms with Gasteiger partial charge < -0.3 is 11.5 Å². The van der Waals surface area contributed by atoms with Crippen LogP contribution in [0.1, 0.15) is 41.6 Å². The molecule has 4 nitrogen and oxygen atoms in total. The molecule has 1 fully saturated rings. The van der Waals surface area contributed by atoms with E-state index in [9.17, 15) is 4.79 Å². The fraction of sp³-hybridized carbons (Fsp3) is 0.500. The van der Waals surface area contributed by atoms with E-state index in [0.29, 0.717) is 11.3 Å². The SMILES string of the molecule is NC(=O)c1ccc(CN2CCCCCC2)c(N)c1. The molecule has 4 heteroatoms. The molecule has 1 amide bonds. The van der Waals surface area contributed by atoms with Crippen LogP contribution in [0.25, 0.3) is 0 Å². The van der Waals surface area contributed by atoms with E-state index in [2.05, 4.69) is 4.90 Å². The molecule has 0 atom stereocenters. The minimum Gasteiger partial charge on any atom is -0.398 e. The van der Waals surface area contributed by atoms with Gasteiger partial charge >= 0.3 is 0 Å². The van der Waals surface area contributed by atoms with Crippen molar-refractivity contribution in [1.29, 1.82) is 0 Å². The van der Waals surface area contributed by atoms with Crippen LogP contribution in [-0.2, 0) is 6.54 Å². The lowest BCUT2D eigenvalue weighted by Gasteiger charge is -2.20. The first kappa shape index (κ1) is 12.9. The van der Waals surface area contributed by atoms with E-state index < -0.39 is 5.91 Å². The van der Waals surface area contributed by atoms with Gasteiger partial charge in [-0.05, 0) is 43.6 Å². The van der Waals surface area contributed by atoms with Crippen LogP contribution >= 0.6 is 0 Å². The lowest BCUT2D eigenvalue weighted by Crippen LogP contribution is -2.24. The van der Waals surface area contributed by atoms with E-state index in [0.717, 1.165) is 25.2 Å². The van der Waals surface area contributed by atoms with Crippen LogP contribution in [0.2, 0.25) is 0 Å². The van der Waals surface area contributed by atoms with Gasteiger partial charge in [0.15, 0.2) is 0 Å². The number of nitrogen functional groups attached to an aromatic ring is 1. The summed E-state index contributed by atoms with van der Waals surface area (Å²) in [5.41, 5.74) is 13.4. The quantitative estimate of drug-likeness (QED) is 0.799. The van der Waals surface area contributed by atoms with Crippen molar-refractivity contribution >= 4 is 11.6 Å². The van der Waals surface area contributed by atoms with Gasteiger partial charge in [0.2, 0.25) is 5.91 Å². The van der Waals surface area contributed by atoms with E-state index in [1.54, 1.807) is 12.1 Å². The zero-order chi connectivity index (χ0) is 13.0. The number of carbonyl (C=O) groups excluding carboxylic acids is 1. The standard InChI is InChI=1S/C14H21N3O/c15-13-9-11(14(16)18)5-6-12(13)10-17-7-3-1-2-4-8-17/h5-6,9H,1-4,7-8,10,15H2,(H2,16,18). The van der Waals surface area contributed by atoms with Crippen molar-refractivity contribution in [3.05, 3.63) is 29.3 Å². The Morgan fingerprint density at radius 2 is 1.83 bits per heavy atom. The topological polar surface area (TPSA) is 72.4 Å². The second-order valence-corrected chi connectivity index (χ2v) is 4.97. The highest BCUT2D eigenvalue weighted by Crippen LogP contribution is 2.18. The lowest BCUT2D eigenvalue weighted by molar-refractivity contribution is 0.100. The lowest BCUT2D eigenvalue weighted by atomic mass is 10.1. The molecule has 0 spiro atoms. The Kier molecular flexibility index (Phi) is 4.20. The largest absolute Gasteiger partial charge is 0.398 e. The first-order valence-corrected chi connectivity index (χ1v) is 6.57. The molecule has 1 heterocycles. The van der Waals surface area contributed by atoms with Crippen LogP contribution in [0, 0.1) is 0 Å². The number of rotatable bonds is 3. The van der Waals surface area contributed by atoms with Gasteiger partial charge in [0.05, 0.1) is 0 Å². The fourth-order valence-electron chi connectivity index (χ4n) is 2.43. The van der Waals surface area contributed by atoms with Crippen LogP contribution in [0.4, 0.5) is 5.69 Å². The Morgan fingerprint density at radius 3 is 2.39 bits per heavy atom. The average molecular weight is 247 g/mol. The molecule has 0 unspecified atom stereocenters. The van der Waals surface area contributed by atoms with Crippen molar-refractivity contribution < 1.29 is 4.79 Å². The predicted octanol–water partition coefficient (Wildman–Crippen LogP) is 1.74. The number of likely N-dealkylation sites (tertiary alicyclic amines) is 1. The first-order valence-electron chi connectivity index (χ1n) is 6.57. The van der Waals surface area contributed by atoms with Crippen LogP contribution in [-0.4, -0.2) is 23.9 Å². The number of nitrogens with zero attached hydrogens (tertiary/aromatic N) is 1. The number of anilines is 1. The Hall–Kier alpha value is -1.55. The Bertz CT molecular complexity index is 423. The smallest absolute Gasteiger partial charge is 0.248 e. The van der Waals surface area contributed by atoms with Gasteiger partial charge in [-0.2, -0.15) is 0 Å². The summed E-state index contributed by atoms with van der Waals surface area (Å²) in [5, 5.41) is 0. The maximum absolute atomic E-state index is 11.1. The molecule has 98 valence electrons. The van der Waals surface area contributed by atoms with Gasteiger partial charge in [-0.25, -0.2) is 0 Å². The molecule has 0 saturated carbocycles. The second-order valence-electron chi connectivity index (χ2n) is 4.97. The van der Waals surface area contributed by atoms with Crippen LogP contribution < -0.4 is 11.5 Å². The Labute approximate surface area is 108 Å². The highest BCUT2D eigenvalue weighted by Gasteiger charge is 2.11. The molecule has 0 aromatic heterocycles. The van der Waals surface area contributed by atoms with Crippen molar-refractivity contribution in [2.45, 2.75) is 32.2 Å².